The van der Waals surface area contributed by atoms with E-state index in [0.29, 0.717) is 0 Å². The minimum Gasteiger partial charge on any atom is -0.325 e. The number of carbonyl (C=O) groups excluding carboxylic acids is 1. The van der Waals surface area contributed by atoms with Gasteiger partial charge in [-0.1, -0.05) is 48.2 Å². The lowest BCUT2D eigenvalue weighted by Gasteiger charge is -2.12. The minimum absolute atomic E-state index is 0.0180. The van der Waals surface area contributed by atoms with Gasteiger partial charge < -0.3 is 9.88 Å². The third-order valence-electron chi connectivity index (χ3n) is 5.15. The molecule has 3 aromatic rings. The normalized spacial score (nSPS) is 13.9. The predicted molar refractivity (Wildman–Crippen MR) is 113 cm³/mol. The highest BCUT2D eigenvalue weighted by Gasteiger charge is 2.20. The third-order valence-corrected chi connectivity index (χ3v) is 6.28. The average Bonchev–Trinajstić information content (AvgIpc) is 3.30. The van der Waals surface area contributed by atoms with E-state index in [4.69, 9.17) is 0 Å². The van der Waals surface area contributed by atoms with E-state index in [-0.39, 0.29) is 11.2 Å². The zero-order chi connectivity index (χ0) is 19.5. The fraction of sp³-hybridized carbons (Fsp3) is 0.318. The molecule has 0 saturated heterocycles. The summed E-state index contributed by atoms with van der Waals surface area (Å²) in [6, 6.07) is 16.4. The summed E-state index contributed by atoms with van der Waals surface area (Å²) in [5.74, 6) is 0.871. The quantitative estimate of drug-likeness (QED) is 0.644. The number of hydrogen-bond donors (Lipinski definition) is 1. The van der Waals surface area contributed by atoms with Crippen LogP contribution in [0.1, 0.15) is 35.9 Å². The number of thioether (sulfide) groups is 1. The summed E-state index contributed by atoms with van der Waals surface area (Å²) in [4.78, 5) is 12.6. The first-order chi connectivity index (χ1) is 13.6. The highest BCUT2D eigenvalue weighted by Crippen LogP contribution is 2.27. The van der Waals surface area contributed by atoms with Gasteiger partial charge in [0.2, 0.25) is 5.91 Å². The summed E-state index contributed by atoms with van der Waals surface area (Å²) in [7, 11) is 1.95. The van der Waals surface area contributed by atoms with Gasteiger partial charge in [0, 0.05) is 19.2 Å². The second-order valence-corrected chi connectivity index (χ2v) is 8.51. The van der Waals surface area contributed by atoms with Gasteiger partial charge in [0.25, 0.3) is 0 Å². The molecule has 0 radical (unpaired) electrons. The summed E-state index contributed by atoms with van der Waals surface area (Å²) >= 11 is 1.43. The Hall–Kier alpha value is -2.60. The van der Waals surface area contributed by atoms with E-state index in [9.17, 15) is 4.79 Å². The fourth-order valence-corrected chi connectivity index (χ4v) is 4.32. The Morgan fingerprint density at radius 3 is 2.75 bits per heavy atom. The van der Waals surface area contributed by atoms with Crippen LogP contribution in [0, 0.1) is 0 Å². The second-order valence-electron chi connectivity index (χ2n) is 7.21. The maximum atomic E-state index is 12.6. The minimum atomic E-state index is -0.263. The van der Waals surface area contributed by atoms with Gasteiger partial charge in [-0.15, -0.1) is 10.2 Å². The second kappa shape index (κ2) is 8.19. The standard InChI is InChI=1S/C22H24N4OS/c1-15(21(27)23-19-12-11-17-9-6-10-18(17)14-19)28-22-25-24-20(26(22)2)13-16-7-4-3-5-8-16/h3-5,7-8,11-12,14-15H,6,9-10,13H2,1-2H3,(H,23,27)/t15-/m1/s1. The monoisotopic (exact) mass is 392 g/mol. The first-order valence-electron chi connectivity index (χ1n) is 9.61. The number of carbonyl (C=O) groups is 1. The van der Waals surface area contributed by atoms with Crippen LogP contribution in [0.2, 0.25) is 0 Å². The summed E-state index contributed by atoms with van der Waals surface area (Å²) in [6.45, 7) is 1.90. The number of nitrogens with zero attached hydrogens (tertiary/aromatic N) is 3. The van der Waals surface area contributed by atoms with Crippen LogP contribution < -0.4 is 5.32 Å². The van der Waals surface area contributed by atoms with Crippen molar-refractivity contribution in [2.24, 2.45) is 7.05 Å². The molecular weight excluding hydrogens is 368 g/mol. The molecule has 4 rings (SSSR count). The Kier molecular flexibility index (Phi) is 5.48. The zero-order valence-electron chi connectivity index (χ0n) is 16.2. The Bertz CT molecular complexity index is 983. The highest BCUT2D eigenvalue weighted by molar-refractivity contribution is 8.00. The molecule has 1 aliphatic rings. The number of anilines is 1. The molecule has 0 spiro atoms. The summed E-state index contributed by atoms with van der Waals surface area (Å²) in [5, 5.41) is 12.1. The van der Waals surface area contributed by atoms with E-state index in [1.165, 1.54) is 34.9 Å². The largest absolute Gasteiger partial charge is 0.325 e. The van der Waals surface area contributed by atoms with Crippen molar-refractivity contribution in [3.8, 4) is 0 Å². The lowest BCUT2D eigenvalue weighted by Crippen LogP contribution is -2.23. The SMILES string of the molecule is C[C@@H](Sc1nnc(Cc2ccccc2)n1C)C(=O)Nc1ccc2c(c1)CCC2. The Morgan fingerprint density at radius 1 is 1.14 bits per heavy atom. The molecule has 1 amide bonds. The van der Waals surface area contributed by atoms with E-state index < -0.39 is 0 Å². The molecule has 0 unspecified atom stereocenters. The lowest BCUT2D eigenvalue weighted by molar-refractivity contribution is -0.115. The molecule has 0 bridgehead atoms. The van der Waals surface area contributed by atoms with Gasteiger partial charge in [-0.05, 0) is 55.0 Å². The maximum absolute atomic E-state index is 12.6. The van der Waals surface area contributed by atoms with Crippen LogP contribution in [-0.4, -0.2) is 25.9 Å². The van der Waals surface area contributed by atoms with E-state index >= 15 is 0 Å². The van der Waals surface area contributed by atoms with E-state index in [1.807, 2.05) is 42.8 Å². The lowest BCUT2D eigenvalue weighted by atomic mass is 10.1. The molecule has 0 fully saturated rings. The first kappa shape index (κ1) is 18.7. The Balaban J connectivity index is 1.39. The van der Waals surface area contributed by atoms with Crippen molar-refractivity contribution in [3.05, 3.63) is 71.0 Å². The molecule has 5 nitrogen and oxygen atoms in total. The molecular formula is C22H24N4OS. The van der Waals surface area contributed by atoms with Crippen molar-refractivity contribution < 1.29 is 4.79 Å². The number of amides is 1. The number of hydrogen-bond acceptors (Lipinski definition) is 4. The van der Waals surface area contributed by atoms with Crippen molar-refractivity contribution in [2.45, 2.75) is 43.0 Å². The Labute approximate surface area is 169 Å². The molecule has 28 heavy (non-hydrogen) atoms. The molecule has 1 atom stereocenters. The van der Waals surface area contributed by atoms with E-state index in [1.54, 1.807) is 0 Å². The molecule has 2 aromatic carbocycles. The predicted octanol–water partition coefficient (Wildman–Crippen LogP) is 4.01. The molecule has 1 heterocycles. The van der Waals surface area contributed by atoms with Crippen LogP contribution >= 0.6 is 11.8 Å². The number of aryl methyl sites for hydroxylation is 2. The van der Waals surface area contributed by atoms with Crippen molar-refractivity contribution in [3.63, 3.8) is 0 Å². The Morgan fingerprint density at radius 2 is 1.93 bits per heavy atom. The van der Waals surface area contributed by atoms with Crippen molar-refractivity contribution >= 4 is 23.4 Å². The van der Waals surface area contributed by atoms with Crippen LogP contribution in [0.5, 0.6) is 0 Å². The van der Waals surface area contributed by atoms with Crippen LogP contribution in [0.3, 0.4) is 0 Å². The molecule has 0 saturated carbocycles. The van der Waals surface area contributed by atoms with Crippen molar-refractivity contribution in [1.29, 1.82) is 0 Å². The molecule has 6 heteroatoms. The molecule has 0 aliphatic heterocycles. The van der Waals surface area contributed by atoms with Crippen molar-refractivity contribution in [2.75, 3.05) is 5.32 Å². The number of fused-ring (bicyclic) bond motifs is 1. The number of benzene rings is 2. The number of aromatic nitrogens is 3. The first-order valence-corrected chi connectivity index (χ1v) is 10.5. The summed E-state index contributed by atoms with van der Waals surface area (Å²) < 4.78 is 1.97. The van der Waals surface area contributed by atoms with Crippen LogP contribution in [0.15, 0.2) is 53.7 Å². The summed E-state index contributed by atoms with van der Waals surface area (Å²) in [5.41, 5.74) is 4.83. The van der Waals surface area contributed by atoms with Gasteiger partial charge in [-0.2, -0.15) is 0 Å². The maximum Gasteiger partial charge on any atom is 0.237 e. The smallest absolute Gasteiger partial charge is 0.237 e. The van der Waals surface area contributed by atoms with E-state index in [0.717, 1.165) is 35.9 Å². The summed E-state index contributed by atoms with van der Waals surface area (Å²) in [6.07, 6.45) is 4.18. The van der Waals surface area contributed by atoms with Crippen LogP contribution in [0.4, 0.5) is 5.69 Å². The zero-order valence-corrected chi connectivity index (χ0v) is 17.0. The van der Waals surface area contributed by atoms with Gasteiger partial charge in [-0.3, -0.25) is 4.79 Å². The average molecular weight is 393 g/mol. The highest BCUT2D eigenvalue weighted by atomic mass is 32.2. The fourth-order valence-electron chi connectivity index (χ4n) is 3.49. The molecule has 144 valence electrons. The van der Waals surface area contributed by atoms with Crippen LogP contribution in [0.25, 0.3) is 0 Å². The molecule has 1 N–H and O–H groups in total. The third kappa shape index (κ3) is 4.12. The van der Waals surface area contributed by atoms with Gasteiger partial charge in [-0.25, -0.2) is 0 Å². The number of rotatable bonds is 6. The molecule has 1 aliphatic carbocycles. The van der Waals surface area contributed by atoms with Gasteiger partial charge in [0.15, 0.2) is 5.16 Å². The number of nitrogens with one attached hydrogen (secondary N) is 1. The van der Waals surface area contributed by atoms with Gasteiger partial charge >= 0.3 is 0 Å². The molecule has 1 aromatic heterocycles. The van der Waals surface area contributed by atoms with Gasteiger partial charge in [0.1, 0.15) is 5.82 Å². The van der Waals surface area contributed by atoms with Gasteiger partial charge in [0.05, 0.1) is 5.25 Å². The van der Waals surface area contributed by atoms with E-state index in [2.05, 4.69) is 39.8 Å². The van der Waals surface area contributed by atoms with Crippen LogP contribution in [-0.2, 0) is 31.1 Å². The topological polar surface area (TPSA) is 59.8 Å². The van der Waals surface area contributed by atoms with Crippen molar-refractivity contribution in [1.82, 2.24) is 14.8 Å².